The third-order valence-corrected chi connectivity index (χ3v) is 5.60. The number of benzene rings is 2. The fourth-order valence-corrected chi connectivity index (χ4v) is 3.85. The van der Waals surface area contributed by atoms with Gasteiger partial charge in [-0.1, -0.05) is 41.9 Å². The number of piperidine rings is 1. The first-order valence-electron chi connectivity index (χ1n) is 8.76. The van der Waals surface area contributed by atoms with E-state index in [0.29, 0.717) is 0 Å². The number of fused-ring (bicyclic) bond motifs is 1. The minimum Gasteiger partial charge on any atom is -0.324 e. The van der Waals surface area contributed by atoms with Crippen molar-refractivity contribution in [3.63, 3.8) is 0 Å². The molecule has 0 aliphatic carbocycles. The fourth-order valence-electron chi connectivity index (χ4n) is 3.73. The summed E-state index contributed by atoms with van der Waals surface area (Å²) in [5.74, 6) is 0.101. The van der Waals surface area contributed by atoms with Gasteiger partial charge >= 0.3 is 0 Å². The lowest BCUT2D eigenvalue weighted by molar-refractivity contribution is -0.124. The van der Waals surface area contributed by atoms with Crippen LogP contribution in [-0.4, -0.2) is 29.4 Å². The maximum absolute atomic E-state index is 12.8. The molecule has 130 valence electrons. The maximum Gasteiger partial charge on any atom is 0.244 e. The van der Waals surface area contributed by atoms with Gasteiger partial charge in [-0.2, -0.15) is 0 Å². The van der Waals surface area contributed by atoms with Gasteiger partial charge in [-0.3, -0.25) is 15.0 Å². The summed E-state index contributed by atoms with van der Waals surface area (Å²) in [7, 11) is 0. The summed E-state index contributed by atoms with van der Waals surface area (Å²) in [5, 5.41) is 7.42. The van der Waals surface area contributed by atoms with Crippen molar-refractivity contribution < 1.29 is 4.79 Å². The second-order valence-electron chi connectivity index (χ2n) is 6.95. The van der Waals surface area contributed by atoms with Gasteiger partial charge in [0.1, 0.15) is 5.54 Å². The Morgan fingerprint density at radius 1 is 1.04 bits per heavy atom. The van der Waals surface area contributed by atoms with Crippen LogP contribution in [0.3, 0.4) is 0 Å². The summed E-state index contributed by atoms with van der Waals surface area (Å²) in [6, 6.07) is 16.0. The molecule has 0 bridgehead atoms. The molecule has 4 rings (SSSR count). The Morgan fingerprint density at radius 3 is 2.52 bits per heavy atom. The maximum atomic E-state index is 12.8. The number of anilines is 1. The molecule has 1 spiro atoms. The molecular formula is C20H22ClN3O. The van der Waals surface area contributed by atoms with Crippen LogP contribution in [0, 0.1) is 0 Å². The van der Waals surface area contributed by atoms with E-state index in [1.54, 1.807) is 0 Å². The number of para-hydroxylation sites is 1. The van der Waals surface area contributed by atoms with Crippen LogP contribution in [-0.2, 0) is 17.9 Å². The third-order valence-electron chi connectivity index (χ3n) is 5.35. The number of amides is 1. The number of rotatable bonds is 2. The van der Waals surface area contributed by atoms with Gasteiger partial charge in [-0.05, 0) is 42.2 Å². The number of nitrogens with zero attached hydrogens (tertiary/aromatic N) is 1. The minimum absolute atomic E-state index is 0.101. The molecule has 1 saturated heterocycles. The summed E-state index contributed by atoms with van der Waals surface area (Å²) in [5.41, 5.74) is 2.87. The third kappa shape index (κ3) is 3.43. The molecule has 5 heteroatoms. The largest absolute Gasteiger partial charge is 0.324 e. The van der Waals surface area contributed by atoms with Gasteiger partial charge in [-0.15, -0.1) is 0 Å². The second kappa shape index (κ2) is 6.79. The monoisotopic (exact) mass is 355 g/mol. The first-order valence-corrected chi connectivity index (χ1v) is 9.14. The van der Waals surface area contributed by atoms with Crippen molar-refractivity contribution in [3.05, 3.63) is 64.7 Å². The Bertz CT molecular complexity index is 767. The smallest absolute Gasteiger partial charge is 0.244 e. The highest BCUT2D eigenvalue weighted by molar-refractivity contribution is 6.30. The molecule has 0 radical (unpaired) electrons. The number of nitrogens with one attached hydrogen (secondary N) is 2. The first kappa shape index (κ1) is 16.6. The van der Waals surface area contributed by atoms with Gasteiger partial charge in [0.15, 0.2) is 0 Å². The SMILES string of the molecule is O=C1Nc2ccccc2CNC12CCN(Cc1ccc(Cl)cc1)CC2. The van der Waals surface area contributed by atoms with Gasteiger partial charge in [0.25, 0.3) is 0 Å². The van der Waals surface area contributed by atoms with E-state index in [2.05, 4.69) is 33.7 Å². The van der Waals surface area contributed by atoms with E-state index < -0.39 is 5.54 Å². The summed E-state index contributed by atoms with van der Waals surface area (Å²) in [4.78, 5) is 15.3. The lowest BCUT2D eigenvalue weighted by Crippen LogP contribution is -2.58. The molecule has 2 aromatic carbocycles. The van der Waals surface area contributed by atoms with Crippen LogP contribution in [0.4, 0.5) is 5.69 Å². The molecule has 4 nitrogen and oxygen atoms in total. The van der Waals surface area contributed by atoms with Crippen molar-refractivity contribution >= 4 is 23.2 Å². The average Bonchev–Trinajstić information content (AvgIpc) is 2.77. The van der Waals surface area contributed by atoms with Crippen molar-refractivity contribution in [2.45, 2.75) is 31.5 Å². The van der Waals surface area contributed by atoms with Crippen LogP contribution in [0.1, 0.15) is 24.0 Å². The van der Waals surface area contributed by atoms with Gasteiger partial charge < -0.3 is 5.32 Å². The number of carbonyl (C=O) groups excluding carboxylic acids is 1. The van der Waals surface area contributed by atoms with Gasteiger partial charge in [0.05, 0.1) is 0 Å². The van der Waals surface area contributed by atoms with E-state index in [4.69, 9.17) is 11.6 Å². The molecule has 2 heterocycles. The zero-order valence-corrected chi connectivity index (χ0v) is 14.9. The molecule has 0 saturated carbocycles. The highest BCUT2D eigenvalue weighted by Crippen LogP contribution is 2.29. The molecule has 2 aromatic rings. The number of hydrogen-bond acceptors (Lipinski definition) is 3. The fraction of sp³-hybridized carbons (Fsp3) is 0.350. The van der Waals surface area contributed by atoms with Crippen molar-refractivity contribution in [1.29, 1.82) is 0 Å². The lowest BCUT2D eigenvalue weighted by Gasteiger charge is -2.40. The minimum atomic E-state index is -0.463. The lowest BCUT2D eigenvalue weighted by atomic mass is 9.86. The molecule has 0 unspecified atom stereocenters. The van der Waals surface area contributed by atoms with Crippen LogP contribution in [0.25, 0.3) is 0 Å². The van der Waals surface area contributed by atoms with Crippen LogP contribution < -0.4 is 10.6 Å². The summed E-state index contributed by atoms with van der Waals surface area (Å²) in [6.45, 7) is 3.43. The van der Waals surface area contributed by atoms with E-state index in [1.165, 1.54) is 5.56 Å². The van der Waals surface area contributed by atoms with E-state index >= 15 is 0 Å². The van der Waals surface area contributed by atoms with Crippen molar-refractivity contribution in [3.8, 4) is 0 Å². The van der Waals surface area contributed by atoms with Gasteiger partial charge in [0.2, 0.25) is 5.91 Å². The predicted octanol–water partition coefficient (Wildman–Crippen LogP) is 3.42. The van der Waals surface area contributed by atoms with Crippen LogP contribution in [0.15, 0.2) is 48.5 Å². The molecule has 1 fully saturated rings. The molecule has 2 aliphatic rings. The average molecular weight is 356 g/mol. The quantitative estimate of drug-likeness (QED) is 0.867. The van der Waals surface area contributed by atoms with Gasteiger partial charge in [0, 0.05) is 36.9 Å². The zero-order valence-electron chi connectivity index (χ0n) is 14.1. The Morgan fingerprint density at radius 2 is 1.76 bits per heavy atom. The number of likely N-dealkylation sites (tertiary alicyclic amines) is 1. The van der Waals surface area contributed by atoms with Crippen molar-refractivity contribution in [2.24, 2.45) is 0 Å². The number of hydrogen-bond donors (Lipinski definition) is 2. The van der Waals surface area contributed by atoms with Crippen molar-refractivity contribution in [1.82, 2.24) is 10.2 Å². The Balaban J connectivity index is 1.42. The molecule has 0 atom stereocenters. The van der Waals surface area contributed by atoms with E-state index in [9.17, 15) is 4.79 Å². The number of halogens is 1. The van der Waals surface area contributed by atoms with E-state index in [0.717, 1.165) is 55.3 Å². The topological polar surface area (TPSA) is 44.4 Å². The van der Waals surface area contributed by atoms with E-state index in [-0.39, 0.29) is 5.91 Å². The molecule has 2 N–H and O–H groups in total. The summed E-state index contributed by atoms with van der Waals surface area (Å²) >= 11 is 5.96. The van der Waals surface area contributed by atoms with Crippen LogP contribution >= 0.6 is 11.6 Å². The normalized spacial score (nSPS) is 20.0. The molecule has 1 amide bonds. The Labute approximate surface area is 153 Å². The van der Waals surface area contributed by atoms with Crippen LogP contribution in [0.5, 0.6) is 0 Å². The molecular weight excluding hydrogens is 334 g/mol. The zero-order chi connectivity index (χ0) is 17.3. The number of carbonyl (C=O) groups is 1. The van der Waals surface area contributed by atoms with Crippen LogP contribution in [0.2, 0.25) is 5.02 Å². The highest BCUT2D eigenvalue weighted by atomic mass is 35.5. The predicted molar refractivity (Wildman–Crippen MR) is 101 cm³/mol. The highest BCUT2D eigenvalue weighted by Gasteiger charge is 2.42. The molecule has 25 heavy (non-hydrogen) atoms. The molecule has 2 aliphatic heterocycles. The Kier molecular flexibility index (Phi) is 4.50. The Hall–Kier alpha value is -1.88. The first-order chi connectivity index (χ1) is 12.1. The summed E-state index contributed by atoms with van der Waals surface area (Å²) < 4.78 is 0. The van der Waals surface area contributed by atoms with E-state index in [1.807, 2.05) is 30.3 Å². The molecule has 0 aromatic heterocycles. The van der Waals surface area contributed by atoms with Gasteiger partial charge in [-0.25, -0.2) is 0 Å². The standard InChI is InChI=1S/C20H22ClN3O/c21-17-7-5-15(6-8-17)14-24-11-9-20(10-12-24)19(25)23-18-4-2-1-3-16(18)13-22-20/h1-8,22H,9-14H2,(H,23,25). The summed E-state index contributed by atoms with van der Waals surface area (Å²) in [6.07, 6.45) is 1.64. The second-order valence-corrected chi connectivity index (χ2v) is 7.39. The van der Waals surface area contributed by atoms with Crippen molar-refractivity contribution in [2.75, 3.05) is 18.4 Å².